The fourth-order valence-electron chi connectivity index (χ4n) is 2.89. The van der Waals surface area contributed by atoms with Crippen molar-refractivity contribution in [3.05, 3.63) is 10.6 Å². The SMILES string of the molecule is Cc1nnsc1C(N)C1CC(C)(C)OC1(C)C. The van der Waals surface area contributed by atoms with E-state index in [0.717, 1.165) is 17.0 Å². The van der Waals surface area contributed by atoms with Gasteiger partial charge in [-0.1, -0.05) is 4.49 Å². The van der Waals surface area contributed by atoms with Gasteiger partial charge in [-0.3, -0.25) is 0 Å². The number of nitrogens with zero attached hydrogens (tertiary/aromatic N) is 2. The van der Waals surface area contributed by atoms with Gasteiger partial charge in [0.05, 0.1) is 21.8 Å². The third kappa shape index (κ3) is 2.37. The molecule has 2 N–H and O–H groups in total. The molecule has 1 aliphatic rings. The van der Waals surface area contributed by atoms with E-state index in [1.807, 2.05) is 6.92 Å². The molecule has 1 aromatic heterocycles. The van der Waals surface area contributed by atoms with E-state index in [9.17, 15) is 0 Å². The number of aryl methyl sites for hydroxylation is 1. The van der Waals surface area contributed by atoms with Gasteiger partial charge in [-0.15, -0.1) is 5.10 Å². The Labute approximate surface area is 107 Å². The summed E-state index contributed by atoms with van der Waals surface area (Å²) in [6, 6.07) is -0.0354. The van der Waals surface area contributed by atoms with Crippen LogP contribution >= 0.6 is 11.5 Å². The molecule has 0 aliphatic carbocycles. The summed E-state index contributed by atoms with van der Waals surface area (Å²) in [7, 11) is 0. The van der Waals surface area contributed by atoms with Crippen LogP contribution < -0.4 is 5.73 Å². The van der Waals surface area contributed by atoms with Gasteiger partial charge in [0.2, 0.25) is 0 Å². The van der Waals surface area contributed by atoms with Gasteiger partial charge in [0.15, 0.2) is 0 Å². The highest BCUT2D eigenvalue weighted by Gasteiger charge is 2.49. The van der Waals surface area contributed by atoms with E-state index < -0.39 is 0 Å². The Hall–Kier alpha value is -0.520. The zero-order valence-corrected chi connectivity index (χ0v) is 12.0. The van der Waals surface area contributed by atoms with E-state index in [1.165, 1.54) is 11.5 Å². The van der Waals surface area contributed by atoms with Gasteiger partial charge < -0.3 is 10.5 Å². The van der Waals surface area contributed by atoms with Gasteiger partial charge in [-0.25, -0.2) is 0 Å². The number of ether oxygens (including phenoxy) is 1. The fraction of sp³-hybridized carbons (Fsp3) is 0.833. The highest BCUT2D eigenvalue weighted by molar-refractivity contribution is 7.05. The van der Waals surface area contributed by atoms with Crippen LogP contribution in [-0.4, -0.2) is 20.8 Å². The number of hydrogen-bond acceptors (Lipinski definition) is 5. The van der Waals surface area contributed by atoms with E-state index in [4.69, 9.17) is 10.5 Å². The standard InChI is InChI=1S/C12H21N3OS/c1-7-10(17-15-14-7)9(13)8-6-11(2,3)16-12(8,4)5/h8-9H,6,13H2,1-5H3. The van der Waals surface area contributed by atoms with Crippen molar-refractivity contribution in [2.75, 3.05) is 0 Å². The van der Waals surface area contributed by atoms with Crippen LogP contribution in [0, 0.1) is 12.8 Å². The van der Waals surface area contributed by atoms with Crippen LogP contribution in [-0.2, 0) is 4.74 Å². The van der Waals surface area contributed by atoms with E-state index >= 15 is 0 Å². The largest absolute Gasteiger partial charge is 0.369 e. The highest BCUT2D eigenvalue weighted by Crippen LogP contribution is 2.47. The average molecular weight is 255 g/mol. The molecule has 2 rings (SSSR count). The van der Waals surface area contributed by atoms with Crippen LogP contribution in [0.15, 0.2) is 0 Å². The molecule has 1 aliphatic heterocycles. The maximum absolute atomic E-state index is 6.39. The molecule has 17 heavy (non-hydrogen) atoms. The Morgan fingerprint density at radius 1 is 1.41 bits per heavy atom. The summed E-state index contributed by atoms with van der Waals surface area (Å²) >= 11 is 1.40. The number of hydrogen-bond donors (Lipinski definition) is 1. The predicted molar refractivity (Wildman–Crippen MR) is 68.9 cm³/mol. The maximum Gasteiger partial charge on any atom is 0.0772 e. The van der Waals surface area contributed by atoms with Crippen molar-refractivity contribution in [1.29, 1.82) is 0 Å². The minimum atomic E-state index is -0.195. The molecule has 0 saturated carbocycles. The van der Waals surface area contributed by atoms with Crippen LogP contribution in [0.25, 0.3) is 0 Å². The Balaban J connectivity index is 2.26. The molecule has 0 amide bonds. The monoisotopic (exact) mass is 255 g/mol. The number of aromatic nitrogens is 2. The van der Waals surface area contributed by atoms with Gasteiger partial charge in [-0.2, -0.15) is 0 Å². The van der Waals surface area contributed by atoms with Crippen LogP contribution in [0.4, 0.5) is 0 Å². The van der Waals surface area contributed by atoms with Crippen LogP contribution in [0.5, 0.6) is 0 Å². The first kappa shape index (κ1) is 12.9. The van der Waals surface area contributed by atoms with E-state index in [-0.39, 0.29) is 17.2 Å². The van der Waals surface area contributed by atoms with E-state index in [0.29, 0.717) is 5.92 Å². The summed E-state index contributed by atoms with van der Waals surface area (Å²) in [4.78, 5) is 1.09. The minimum absolute atomic E-state index is 0.0354. The second-order valence-electron chi connectivity index (χ2n) is 6.02. The van der Waals surface area contributed by atoms with Crippen LogP contribution in [0.3, 0.4) is 0 Å². The van der Waals surface area contributed by atoms with Crippen molar-refractivity contribution >= 4 is 11.5 Å². The molecule has 2 atom stereocenters. The maximum atomic E-state index is 6.39. The zero-order valence-electron chi connectivity index (χ0n) is 11.2. The Kier molecular flexibility index (Phi) is 3.04. The summed E-state index contributed by atoms with van der Waals surface area (Å²) in [6.07, 6.45) is 0.971. The van der Waals surface area contributed by atoms with Crippen molar-refractivity contribution in [2.24, 2.45) is 11.7 Å². The lowest BCUT2D eigenvalue weighted by Gasteiger charge is -2.30. The van der Waals surface area contributed by atoms with E-state index in [1.54, 1.807) is 0 Å². The number of nitrogens with two attached hydrogens (primary N) is 1. The molecular formula is C12H21N3OS. The number of rotatable bonds is 2. The molecule has 0 spiro atoms. The Morgan fingerprint density at radius 2 is 2.06 bits per heavy atom. The summed E-state index contributed by atoms with van der Waals surface area (Å²) in [5.41, 5.74) is 7.05. The first-order chi connectivity index (χ1) is 7.73. The normalized spacial score (nSPS) is 28.2. The molecule has 5 heteroatoms. The molecule has 0 bridgehead atoms. The van der Waals surface area contributed by atoms with Crippen molar-refractivity contribution in [1.82, 2.24) is 9.59 Å². The molecule has 0 radical (unpaired) electrons. The molecule has 2 heterocycles. The minimum Gasteiger partial charge on any atom is -0.369 e. The van der Waals surface area contributed by atoms with Gasteiger partial charge >= 0.3 is 0 Å². The van der Waals surface area contributed by atoms with E-state index in [2.05, 4.69) is 37.3 Å². The lowest BCUT2D eigenvalue weighted by atomic mass is 9.81. The molecular weight excluding hydrogens is 234 g/mol. The molecule has 0 aromatic carbocycles. The third-order valence-corrected chi connectivity index (χ3v) is 4.49. The lowest BCUT2D eigenvalue weighted by Crippen LogP contribution is -2.35. The Morgan fingerprint density at radius 3 is 2.47 bits per heavy atom. The van der Waals surface area contributed by atoms with Crippen molar-refractivity contribution in [3.63, 3.8) is 0 Å². The molecule has 4 nitrogen and oxygen atoms in total. The average Bonchev–Trinajstić information content (AvgIpc) is 2.66. The predicted octanol–water partition coefficient (Wildman–Crippen LogP) is 2.44. The van der Waals surface area contributed by atoms with Crippen molar-refractivity contribution in [3.8, 4) is 0 Å². The van der Waals surface area contributed by atoms with Crippen molar-refractivity contribution in [2.45, 2.75) is 58.3 Å². The zero-order chi connectivity index (χ0) is 12.8. The Bertz CT molecular complexity index is 414. The third-order valence-electron chi connectivity index (χ3n) is 3.57. The summed E-state index contributed by atoms with van der Waals surface area (Å²) in [6.45, 7) is 10.5. The van der Waals surface area contributed by atoms with Gasteiger partial charge in [0, 0.05) is 12.0 Å². The quantitative estimate of drug-likeness (QED) is 0.881. The van der Waals surface area contributed by atoms with Gasteiger partial charge in [0.25, 0.3) is 0 Å². The molecule has 1 aromatic rings. The molecule has 1 saturated heterocycles. The van der Waals surface area contributed by atoms with Crippen molar-refractivity contribution < 1.29 is 4.74 Å². The molecule has 1 fully saturated rings. The highest BCUT2D eigenvalue weighted by atomic mass is 32.1. The van der Waals surface area contributed by atoms with Gasteiger partial charge in [0.1, 0.15) is 0 Å². The summed E-state index contributed by atoms with van der Waals surface area (Å²) in [5.74, 6) is 0.304. The van der Waals surface area contributed by atoms with Crippen LogP contribution in [0.2, 0.25) is 0 Å². The smallest absolute Gasteiger partial charge is 0.0772 e. The second-order valence-corrected chi connectivity index (χ2v) is 6.81. The first-order valence-corrected chi connectivity index (χ1v) is 6.75. The van der Waals surface area contributed by atoms with Gasteiger partial charge in [-0.05, 0) is 52.6 Å². The summed E-state index contributed by atoms with van der Waals surface area (Å²) in [5, 5.41) is 4.04. The summed E-state index contributed by atoms with van der Waals surface area (Å²) < 4.78 is 10.1. The first-order valence-electron chi connectivity index (χ1n) is 5.97. The van der Waals surface area contributed by atoms with Crippen LogP contribution in [0.1, 0.15) is 50.7 Å². The fourth-order valence-corrected chi connectivity index (χ4v) is 3.60. The lowest BCUT2D eigenvalue weighted by molar-refractivity contribution is -0.0766. The second kappa shape index (κ2) is 4.00. The topological polar surface area (TPSA) is 61.0 Å². The molecule has 96 valence electrons. The molecule has 2 unspecified atom stereocenters.